The molecule has 2 aromatic carbocycles. The molecule has 1 atom stereocenters. The Labute approximate surface area is 231 Å². The summed E-state index contributed by atoms with van der Waals surface area (Å²) in [4.78, 5) is 26.6. The Kier molecular flexibility index (Phi) is 6.66. The fourth-order valence-electron chi connectivity index (χ4n) is 5.08. The highest BCUT2D eigenvalue weighted by molar-refractivity contribution is 5.92. The molecule has 4 aromatic heterocycles. The Morgan fingerprint density at radius 2 is 1.75 bits per heavy atom. The van der Waals surface area contributed by atoms with E-state index < -0.39 is 0 Å². The van der Waals surface area contributed by atoms with Gasteiger partial charge in [-0.2, -0.15) is 0 Å². The van der Waals surface area contributed by atoms with E-state index in [9.17, 15) is 4.79 Å². The van der Waals surface area contributed by atoms with Crippen molar-refractivity contribution in [2.24, 2.45) is 0 Å². The summed E-state index contributed by atoms with van der Waals surface area (Å²) in [6.45, 7) is 3.78. The van der Waals surface area contributed by atoms with Crippen molar-refractivity contribution in [2.45, 2.75) is 26.3 Å². The monoisotopic (exact) mass is 529 g/mol. The van der Waals surface area contributed by atoms with Crippen molar-refractivity contribution in [3.8, 4) is 22.4 Å². The van der Waals surface area contributed by atoms with Gasteiger partial charge in [-0.15, -0.1) is 0 Å². The molecule has 0 aliphatic heterocycles. The Balaban J connectivity index is 1.58. The van der Waals surface area contributed by atoms with Gasteiger partial charge >= 0.3 is 5.97 Å². The van der Waals surface area contributed by atoms with Gasteiger partial charge in [0.2, 0.25) is 0 Å². The van der Waals surface area contributed by atoms with Crippen molar-refractivity contribution in [1.82, 2.24) is 24.7 Å². The number of carbonyl (C=O) groups is 1. The molecular weight excluding hydrogens is 502 g/mol. The highest BCUT2D eigenvalue weighted by atomic mass is 16.5. The number of ether oxygens (including phenoxy) is 1. The van der Waals surface area contributed by atoms with E-state index in [1.54, 1.807) is 12.4 Å². The minimum Gasteiger partial charge on any atom is -0.469 e. The first-order valence-corrected chi connectivity index (χ1v) is 13.0. The molecular formula is C32H27N5O3. The number of benzene rings is 2. The van der Waals surface area contributed by atoms with Crippen LogP contribution in [0.4, 0.5) is 0 Å². The van der Waals surface area contributed by atoms with Gasteiger partial charge in [0.15, 0.2) is 5.65 Å². The van der Waals surface area contributed by atoms with Gasteiger partial charge in [-0.3, -0.25) is 9.78 Å². The molecule has 0 fully saturated rings. The molecule has 1 unspecified atom stereocenters. The van der Waals surface area contributed by atoms with E-state index in [-0.39, 0.29) is 18.4 Å². The van der Waals surface area contributed by atoms with Gasteiger partial charge in [-0.05, 0) is 42.7 Å². The number of hydrogen-bond acceptors (Lipinski definition) is 7. The number of pyridine rings is 1. The van der Waals surface area contributed by atoms with E-state index in [1.165, 1.54) is 7.11 Å². The Bertz CT molecular complexity index is 1730. The van der Waals surface area contributed by atoms with E-state index in [4.69, 9.17) is 24.2 Å². The molecule has 0 spiro atoms. The predicted molar refractivity (Wildman–Crippen MR) is 152 cm³/mol. The summed E-state index contributed by atoms with van der Waals surface area (Å²) in [5.41, 5.74) is 8.48. The zero-order valence-corrected chi connectivity index (χ0v) is 22.4. The first-order valence-electron chi connectivity index (χ1n) is 13.0. The standard InChI is InChI=1S/C32H27N5O3/c1-20-29(21(2)40-36-20)27-18-34-30-25(23-14-12-22(13-15-23)17-28(38)39-3)19-37(32(30)35-27)31(24-9-5-4-6-10-24)26-11-7-8-16-33-26/h4-16,18-19,31H,17H2,1-3H3. The van der Waals surface area contributed by atoms with Crippen molar-refractivity contribution in [3.05, 3.63) is 120 Å². The fourth-order valence-corrected chi connectivity index (χ4v) is 5.08. The second-order valence-corrected chi connectivity index (χ2v) is 9.59. The lowest BCUT2D eigenvalue weighted by atomic mass is 10.0. The zero-order chi connectivity index (χ0) is 27.6. The van der Waals surface area contributed by atoms with Crippen LogP contribution >= 0.6 is 0 Å². The topological polar surface area (TPSA) is 95.9 Å². The van der Waals surface area contributed by atoms with E-state index >= 15 is 0 Å². The number of aromatic nitrogens is 5. The number of fused-ring (bicyclic) bond motifs is 1. The number of methoxy groups -OCH3 is 1. The van der Waals surface area contributed by atoms with E-state index in [2.05, 4.69) is 28.1 Å². The second kappa shape index (κ2) is 10.6. The maximum Gasteiger partial charge on any atom is 0.309 e. The van der Waals surface area contributed by atoms with Gasteiger partial charge in [0.1, 0.15) is 17.3 Å². The number of esters is 1. The number of hydrogen-bond donors (Lipinski definition) is 0. The molecule has 8 heteroatoms. The molecule has 4 heterocycles. The summed E-state index contributed by atoms with van der Waals surface area (Å²) in [6, 6.07) is 23.8. The third-order valence-corrected chi connectivity index (χ3v) is 7.01. The first-order chi connectivity index (χ1) is 19.5. The summed E-state index contributed by atoms with van der Waals surface area (Å²) >= 11 is 0. The van der Waals surface area contributed by atoms with Crippen LogP contribution in [0.3, 0.4) is 0 Å². The molecule has 198 valence electrons. The van der Waals surface area contributed by atoms with Crippen molar-refractivity contribution in [2.75, 3.05) is 7.11 Å². The fraction of sp³-hybridized carbons (Fsp3) is 0.156. The number of carbonyl (C=O) groups excluding carboxylic acids is 1. The minimum absolute atomic E-state index is 0.217. The molecule has 0 aliphatic carbocycles. The van der Waals surface area contributed by atoms with Crippen molar-refractivity contribution in [1.29, 1.82) is 0 Å². The van der Waals surface area contributed by atoms with Crippen LogP contribution in [0.1, 0.15) is 34.3 Å². The zero-order valence-electron chi connectivity index (χ0n) is 22.4. The summed E-state index contributed by atoms with van der Waals surface area (Å²) in [5, 5.41) is 4.12. The van der Waals surface area contributed by atoms with Crippen molar-refractivity contribution in [3.63, 3.8) is 0 Å². The normalized spacial score (nSPS) is 12.0. The van der Waals surface area contributed by atoms with Gasteiger partial charge in [0.05, 0.1) is 42.4 Å². The molecule has 6 aromatic rings. The lowest BCUT2D eigenvalue weighted by Gasteiger charge is -2.20. The third kappa shape index (κ3) is 4.64. The van der Waals surface area contributed by atoms with Crippen LogP contribution in [-0.2, 0) is 16.0 Å². The number of rotatable bonds is 7. The molecule has 0 aliphatic rings. The highest BCUT2D eigenvalue weighted by Crippen LogP contribution is 2.36. The molecule has 0 radical (unpaired) electrons. The van der Waals surface area contributed by atoms with Crippen molar-refractivity contribution < 1.29 is 14.1 Å². The summed E-state index contributed by atoms with van der Waals surface area (Å²) < 4.78 is 12.4. The summed E-state index contributed by atoms with van der Waals surface area (Å²) in [7, 11) is 1.39. The molecule has 0 amide bonds. The Morgan fingerprint density at radius 3 is 2.42 bits per heavy atom. The lowest BCUT2D eigenvalue weighted by molar-refractivity contribution is -0.139. The molecule has 6 rings (SSSR count). The van der Waals surface area contributed by atoms with E-state index in [0.29, 0.717) is 17.1 Å². The van der Waals surface area contributed by atoms with Crippen LogP contribution in [0.2, 0.25) is 0 Å². The van der Waals surface area contributed by atoms with Crippen LogP contribution < -0.4 is 0 Å². The Morgan fingerprint density at radius 1 is 0.975 bits per heavy atom. The van der Waals surface area contributed by atoms with Crippen molar-refractivity contribution >= 4 is 17.1 Å². The molecule has 0 saturated heterocycles. The molecule has 0 N–H and O–H groups in total. The highest BCUT2D eigenvalue weighted by Gasteiger charge is 2.25. The maximum atomic E-state index is 11.8. The average Bonchev–Trinajstić information content (AvgIpc) is 3.53. The van der Waals surface area contributed by atoms with Gasteiger partial charge < -0.3 is 13.8 Å². The number of aryl methyl sites for hydroxylation is 2. The summed E-state index contributed by atoms with van der Waals surface area (Å²) in [6.07, 6.45) is 5.88. The van der Waals surface area contributed by atoms with Gasteiger partial charge in [-0.1, -0.05) is 65.8 Å². The van der Waals surface area contributed by atoms with Crippen LogP contribution in [0.15, 0.2) is 95.9 Å². The molecule has 0 saturated carbocycles. The molecule has 0 bridgehead atoms. The SMILES string of the molecule is COC(=O)Cc1ccc(-c2cn(C(c3ccccc3)c3ccccn3)c3nc(-c4c(C)noc4C)cnc23)cc1. The van der Waals surface area contributed by atoms with Crippen LogP contribution in [0.5, 0.6) is 0 Å². The van der Waals surface area contributed by atoms with Gasteiger partial charge in [-0.25, -0.2) is 9.97 Å². The maximum absolute atomic E-state index is 11.8. The second-order valence-electron chi connectivity index (χ2n) is 9.59. The van der Waals surface area contributed by atoms with Crippen LogP contribution in [0, 0.1) is 13.8 Å². The largest absolute Gasteiger partial charge is 0.469 e. The van der Waals surface area contributed by atoms with E-state index in [0.717, 1.165) is 44.7 Å². The Hall–Kier alpha value is -5.11. The average molecular weight is 530 g/mol. The van der Waals surface area contributed by atoms with Crippen LogP contribution in [0.25, 0.3) is 33.5 Å². The van der Waals surface area contributed by atoms with Gasteiger partial charge in [0.25, 0.3) is 0 Å². The lowest BCUT2D eigenvalue weighted by Crippen LogP contribution is -2.13. The third-order valence-electron chi connectivity index (χ3n) is 7.01. The predicted octanol–water partition coefficient (Wildman–Crippen LogP) is 6.12. The molecule has 40 heavy (non-hydrogen) atoms. The van der Waals surface area contributed by atoms with E-state index in [1.807, 2.05) is 74.5 Å². The van der Waals surface area contributed by atoms with Crippen LogP contribution in [-0.4, -0.2) is 37.8 Å². The molecule has 8 nitrogen and oxygen atoms in total. The first kappa shape index (κ1) is 25.2. The quantitative estimate of drug-likeness (QED) is 0.230. The summed E-state index contributed by atoms with van der Waals surface area (Å²) in [5.74, 6) is 0.415. The minimum atomic E-state index is -0.275. The van der Waals surface area contributed by atoms with Gasteiger partial charge in [0, 0.05) is 18.0 Å². The number of nitrogens with zero attached hydrogens (tertiary/aromatic N) is 5. The smallest absolute Gasteiger partial charge is 0.309 e.